The van der Waals surface area contributed by atoms with E-state index in [0.29, 0.717) is 0 Å². The molecule has 0 aliphatic heterocycles. The smallest absolute Gasteiger partial charge is 0.275 e. The van der Waals surface area contributed by atoms with Gasteiger partial charge < -0.3 is 10.3 Å². The Morgan fingerprint density at radius 2 is 2.00 bits per heavy atom. The summed E-state index contributed by atoms with van der Waals surface area (Å²) < 4.78 is 46.2. The number of hydrogen-bond acceptors (Lipinski definition) is 6. The predicted molar refractivity (Wildman–Crippen MR) is 95.6 cm³/mol. The number of nitrogens with zero attached hydrogens (tertiary/aromatic N) is 3. The molecule has 2 aromatic rings. The van der Waals surface area contributed by atoms with Gasteiger partial charge in [-0.3, -0.25) is 5.01 Å². The van der Waals surface area contributed by atoms with E-state index in [9.17, 15) is 13.2 Å². The Bertz CT molecular complexity index is 933. The van der Waals surface area contributed by atoms with Crippen molar-refractivity contribution in [2.24, 2.45) is 11.6 Å². The van der Waals surface area contributed by atoms with Crippen LogP contribution in [0.3, 0.4) is 0 Å². The van der Waals surface area contributed by atoms with Crippen molar-refractivity contribution >= 4 is 5.70 Å². The average Bonchev–Trinajstić information content (AvgIpc) is 3.14. The molecule has 1 heterocycles. The van der Waals surface area contributed by atoms with Crippen LogP contribution in [0.4, 0.5) is 13.2 Å². The van der Waals surface area contributed by atoms with E-state index in [4.69, 9.17) is 16.1 Å². The van der Waals surface area contributed by atoms with Crippen LogP contribution in [0.5, 0.6) is 0 Å². The third kappa shape index (κ3) is 4.09. The van der Waals surface area contributed by atoms with Crippen molar-refractivity contribution in [2.45, 2.75) is 13.3 Å². The molecule has 6 nitrogen and oxygen atoms in total. The molecule has 1 aromatic heterocycles. The second-order valence-electron chi connectivity index (χ2n) is 5.27. The van der Waals surface area contributed by atoms with Crippen LogP contribution in [0, 0.1) is 11.6 Å². The van der Waals surface area contributed by atoms with Crippen LogP contribution in [0.2, 0.25) is 0 Å². The van der Waals surface area contributed by atoms with E-state index in [0.717, 1.165) is 29.3 Å². The monoisotopic (exact) mass is 377 g/mol. The van der Waals surface area contributed by atoms with Crippen LogP contribution < -0.4 is 11.6 Å². The Morgan fingerprint density at radius 3 is 2.59 bits per heavy atom. The summed E-state index contributed by atoms with van der Waals surface area (Å²) >= 11 is 0. The van der Waals surface area contributed by atoms with E-state index in [1.165, 1.54) is 6.08 Å². The number of nitrogens with two attached hydrogens (primary N) is 2. The summed E-state index contributed by atoms with van der Waals surface area (Å²) in [5.74, 6) is 3.47. The van der Waals surface area contributed by atoms with Crippen LogP contribution in [0.1, 0.15) is 19.2 Å². The average molecular weight is 377 g/mol. The standard InChI is InChI=1S/C18H18F3N5O/c1-4-12(20)14(5-2)26(23)15(6-3)16(22)18-24-17(25-27-18)11-9-10(19)7-8-13(11)21/h4-5,7-9H,1-2,6,22-23H2,3H3/b14-12-,16-15-. The van der Waals surface area contributed by atoms with Gasteiger partial charge >= 0.3 is 0 Å². The largest absolute Gasteiger partial charge is 0.393 e. The SMILES string of the molecule is C=C/C(F)=C(\C=C)N(N)/C(CC)=C(\N)c1nc(-c2cc(F)ccc2F)no1. The number of halogens is 3. The lowest BCUT2D eigenvalue weighted by Crippen LogP contribution is -2.31. The molecule has 0 spiro atoms. The Hall–Kier alpha value is -3.33. The van der Waals surface area contributed by atoms with E-state index < -0.39 is 17.5 Å². The first-order valence-corrected chi connectivity index (χ1v) is 7.81. The van der Waals surface area contributed by atoms with Gasteiger partial charge in [0.2, 0.25) is 5.82 Å². The summed E-state index contributed by atoms with van der Waals surface area (Å²) in [5, 5.41) is 4.59. The molecule has 0 amide bonds. The fraction of sp³-hybridized carbons (Fsp3) is 0.111. The number of benzene rings is 1. The van der Waals surface area contributed by atoms with E-state index >= 15 is 0 Å². The van der Waals surface area contributed by atoms with Crippen molar-refractivity contribution in [3.8, 4) is 11.4 Å². The molecular weight excluding hydrogens is 359 g/mol. The van der Waals surface area contributed by atoms with Crippen LogP contribution in [0.25, 0.3) is 17.1 Å². The first kappa shape index (κ1) is 20.0. The zero-order valence-electron chi connectivity index (χ0n) is 14.5. The van der Waals surface area contributed by atoms with E-state index in [1.54, 1.807) is 6.92 Å². The fourth-order valence-electron chi connectivity index (χ4n) is 2.29. The normalized spacial score (nSPS) is 12.9. The van der Waals surface area contributed by atoms with Gasteiger partial charge in [0.05, 0.1) is 17.0 Å². The molecule has 0 aliphatic rings. The second kappa shape index (κ2) is 8.37. The van der Waals surface area contributed by atoms with Gasteiger partial charge in [-0.1, -0.05) is 25.2 Å². The topological polar surface area (TPSA) is 94.2 Å². The van der Waals surface area contributed by atoms with Gasteiger partial charge in [-0.2, -0.15) is 4.98 Å². The van der Waals surface area contributed by atoms with Crippen molar-refractivity contribution in [2.75, 3.05) is 0 Å². The molecule has 0 unspecified atom stereocenters. The van der Waals surface area contributed by atoms with Gasteiger partial charge in [0.1, 0.15) is 23.2 Å². The number of hydrazine groups is 1. The van der Waals surface area contributed by atoms with Crippen molar-refractivity contribution in [3.63, 3.8) is 0 Å². The minimum absolute atomic E-state index is 0.0493. The molecule has 0 fully saturated rings. The summed E-state index contributed by atoms with van der Waals surface area (Å²) in [5.41, 5.74) is 5.97. The molecule has 0 saturated carbocycles. The van der Waals surface area contributed by atoms with E-state index in [1.807, 2.05) is 0 Å². The van der Waals surface area contributed by atoms with E-state index in [-0.39, 0.29) is 40.8 Å². The molecule has 4 N–H and O–H groups in total. The molecule has 1 aromatic carbocycles. The third-order valence-corrected chi connectivity index (χ3v) is 3.64. The number of rotatable bonds is 7. The van der Waals surface area contributed by atoms with Crippen molar-refractivity contribution < 1.29 is 17.7 Å². The zero-order valence-corrected chi connectivity index (χ0v) is 14.5. The van der Waals surface area contributed by atoms with Gasteiger partial charge in [-0.05, 0) is 36.8 Å². The summed E-state index contributed by atoms with van der Waals surface area (Å²) in [6.07, 6.45) is 2.44. The van der Waals surface area contributed by atoms with Crippen LogP contribution in [-0.4, -0.2) is 15.1 Å². The van der Waals surface area contributed by atoms with Gasteiger partial charge in [-0.25, -0.2) is 19.0 Å². The minimum Gasteiger partial charge on any atom is -0.393 e. The molecule has 27 heavy (non-hydrogen) atoms. The lowest BCUT2D eigenvalue weighted by atomic mass is 10.2. The van der Waals surface area contributed by atoms with Crippen molar-refractivity contribution in [1.29, 1.82) is 0 Å². The Labute approximate surface area is 153 Å². The van der Waals surface area contributed by atoms with Gasteiger partial charge in [0.25, 0.3) is 5.89 Å². The maximum Gasteiger partial charge on any atom is 0.275 e. The maximum absolute atomic E-state index is 13.9. The first-order valence-electron chi connectivity index (χ1n) is 7.81. The molecular formula is C18H18F3N5O. The summed E-state index contributed by atoms with van der Waals surface area (Å²) in [4.78, 5) is 3.98. The number of allylic oxidation sites excluding steroid dienone is 4. The van der Waals surface area contributed by atoms with Gasteiger partial charge in [0, 0.05) is 0 Å². The molecule has 0 aliphatic carbocycles. The highest BCUT2D eigenvalue weighted by Gasteiger charge is 2.20. The Kier molecular flexibility index (Phi) is 6.19. The molecule has 0 radical (unpaired) electrons. The van der Waals surface area contributed by atoms with Crippen LogP contribution in [-0.2, 0) is 0 Å². The molecule has 0 atom stereocenters. The highest BCUT2D eigenvalue weighted by molar-refractivity contribution is 5.62. The van der Waals surface area contributed by atoms with Gasteiger partial charge in [-0.15, -0.1) is 0 Å². The number of aromatic nitrogens is 2. The molecule has 2 rings (SSSR count). The molecule has 0 bridgehead atoms. The fourth-order valence-corrected chi connectivity index (χ4v) is 2.29. The third-order valence-electron chi connectivity index (χ3n) is 3.64. The maximum atomic E-state index is 13.9. The summed E-state index contributed by atoms with van der Waals surface area (Å²) in [6.45, 7) is 8.56. The van der Waals surface area contributed by atoms with Crippen molar-refractivity contribution in [1.82, 2.24) is 15.1 Å². The number of hydrogen-bond donors (Lipinski definition) is 2. The van der Waals surface area contributed by atoms with E-state index in [2.05, 4.69) is 23.3 Å². The summed E-state index contributed by atoms with van der Waals surface area (Å²) in [7, 11) is 0. The quantitative estimate of drug-likeness (QED) is 0.433. The van der Waals surface area contributed by atoms with Crippen LogP contribution >= 0.6 is 0 Å². The Balaban J connectivity index is 2.50. The highest BCUT2D eigenvalue weighted by Crippen LogP contribution is 2.25. The molecule has 142 valence electrons. The summed E-state index contributed by atoms with van der Waals surface area (Å²) in [6, 6.07) is 2.84. The van der Waals surface area contributed by atoms with Crippen LogP contribution in [0.15, 0.2) is 65.3 Å². The molecule has 9 heteroatoms. The second-order valence-corrected chi connectivity index (χ2v) is 5.27. The van der Waals surface area contributed by atoms with Crippen molar-refractivity contribution in [3.05, 3.63) is 78.3 Å². The first-order chi connectivity index (χ1) is 12.8. The minimum atomic E-state index is -0.729. The lowest BCUT2D eigenvalue weighted by molar-refractivity contribution is 0.398. The van der Waals surface area contributed by atoms with Gasteiger partial charge in [0.15, 0.2) is 0 Å². The highest BCUT2D eigenvalue weighted by atomic mass is 19.1. The zero-order chi connectivity index (χ0) is 20.1. The lowest BCUT2D eigenvalue weighted by Gasteiger charge is -2.23. The molecule has 0 saturated heterocycles. The Morgan fingerprint density at radius 1 is 1.30 bits per heavy atom. The predicted octanol–water partition coefficient (Wildman–Crippen LogP) is 3.78.